The molecule has 2 unspecified atom stereocenters. The number of hydrogen-bond acceptors (Lipinski definition) is 8. The van der Waals surface area contributed by atoms with E-state index in [1.807, 2.05) is 6.07 Å². The monoisotopic (exact) mass is 450 g/mol. The highest BCUT2D eigenvalue weighted by Gasteiger charge is 2.52. The highest BCUT2D eigenvalue weighted by atomic mass is 16.7. The Morgan fingerprint density at radius 3 is 2.70 bits per heavy atom. The summed E-state index contributed by atoms with van der Waals surface area (Å²) in [7, 11) is 0. The second kappa shape index (κ2) is 8.16. The van der Waals surface area contributed by atoms with E-state index < -0.39 is 29.5 Å². The standard InChI is InChI=1S/C24H22N2O7/c1-2-30-22(28)16-11-18(25-21(27)14-6-4-3-5-7-14)23(29)33-24(16)9-8-15-10-19-20(32-13-31-19)12-17(15)26-24/h3-7,10-12,16,26H,2,8-9,13H2,1H3,(H,25,27). The molecule has 2 atom stereocenters. The number of fused-ring (bicyclic) bond motifs is 2. The normalized spacial score (nSPS) is 22.5. The van der Waals surface area contributed by atoms with Crippen molar-refractivity contribution in [2.45, 2.75) is 25.5 Å². The van der Waals surface area contributed by atoms with E-state index in [9.17, 15) is 14.4 Å². The number of rotatable bonds is 4. The maximum atomic E-state index is 12.9. The van der Waals surface area contributed by atoms with E-state index in [1.165, 1.54) is 6.08 Å². The molecule has 2 aromatic rings. The van der Waals surface area contributed by atoms with Gasteiger partial charge in [0.1, 0.15) is 11.6 Å². The molecule has 3 heterocycles. The summed E-state index contributed by atoms with van der Waals surface area (Å²) in [5, 5.41) is 5.79. The molecule has 0 saturated carbocycles. The van der Waals surface area contributed by atoms with Crippen LogP contribution in [0.3, 0.4) is 0 Å². The van der Waals surface area contributed by atoms with Crippen molar-refractivity contribution in [3.8, 4) is 11.5 Å². The smallest absolute Gasteiger partial charge is 0.356 e. The Morgan fingerprint density at radius 2 is 1.94 bits per heavy atom. The van der Waals surface area contributed by atoms with Crippen molar-refractivity contribution >= 4 is 23.5 Å². The van der Waals surface area contributed by atoms with Gasteiger partial charge in [0.05, 0.1) is 6.61 Å². The minimum Gasteiger partial charge on any atom is -0.465 e. The van der Waals surface area contributed by atoms with Crippen LogP contribution >= 0.6 is 0 Å². The summed E-state index contributed by atoms with van der Waals surface area (Å²) in [4.78, 5) is 38.4. The number of esters is 2. The molecule has 9 heteroatoms. The fourth-order valence-electron chi connectivity index (χ4n) is 4.25. The molecule has 3 aliphatic heterocycles. The lowest BCUT2D eigenvalue weighted by Crippen LogP contribution is -2.57. The molecule has 1 amide bonds. The van der Waals surface area contributed by atoms with Gasteiger partial charge in [0, 0.05) is 23.7 Å². The van der Waals surface area contributed by atoms with E-state index in [-0.39, 0.29) is 19.1 Å². The van der Waals surface area contributed by atoms with Crippen LogP contribution in [0.4, 0.5) is 5.69 Å². The Hall–Kier alpha value is -4.01. The van der Waals surface area contributed by atoms with Gasteiger partial charge in [-0.3, -0.25) is 9.59 Å². The van der Waals surface area contributed by atoms with E-state index in [0.717, 1.165) is 5.56 Å². The molecule has 9 nitrogen and oxygen atoms in total. The second-order valence-electron chi connectivity index (χ2n) is 7.90. The number of carbonyl (C=O) groups excluding carboxylic acids is 3. The van der Waals surface area contributed by atoms with Crippen molar-refractivity contribution < 1.29 is 33.3 Å². The first-order valence-electron chi connectivity index (χ1n) is 10.7. The largest absolute Gasteiger partial charge is 0.465 e. The lowest BCUT2D eigenvalue weighted by molar-refractivity contribution is -0.170. The first kappa shape index (κ1) is 20.9. The molecule has 0 saturated heterocycles. The second-order valence-corrected chi connectivity index (χ2v) is 7.90. The third kappa shape index (κ3) is 3.75. The third-order valence-electron chi connectivity index (χ3n) is 5.87. The minimum atomic E-state index is -1.36. The predicted molar refractivity (Wildman–Crippen MR) is 115 cm³/mol. The third-order valence-corrected chi connectivity index (χ3v) is 5.87. The Bertz CT molecular complexity index is 1160. The molecule has 0 aliphatic carbocycles. The Balaban J connectivity index is 1.47. The number of anilines is 1. The van der Waals surface area contributed by atoms with Crippen molar-refractivity contribution in [3.05, 3.63) is 65.4 Å². The molecule has 1 spiro atoms. The molecular weight excluding hydrogens is 428 g/mol. The zero-order valence-corrected chi connectivity index (χ0v) is 17.9. The van der Waals surface area contributed by atoms with Gasteiger partial charge in [-0.05, 0) is 43.2 Å². The van der Waals surface area contributed by atoms with Gasteiger partial charge in [0.15, 0.2) is 11.5 Å². The molecule has 5 rings (SSSR count). The van der Waals surface area contributed by atoms with Crippen LogP contribution in [0, 0.1) is 5.92 Å². The summed E-state index contributed by atoms with van der Waals surface area (Å²) in [5.41, 5.74) is 0.546. The van der Waals surface area contributed by atoms with Crippen LogP contribution in [0.1, 0.15) is 29.3 Å². The zero-order valence-electron chi connectivity index (χ0n) is 17.9. The van der Waals surface area contributed by atoms with Crippen molar-refractivity contribution in [1.29, 1.82) is 0 Å². The maximum Gasteiger partial charge on any atom is 0.356 e. The Labute approximate surface area is 189 Å². The van der Waals surface area contributed by atoms with Crippen molar-refractivity contribution in [1.82, 2.24) is 5.32 Å². The van der Waals surface area contributed by atoms with E-state index in [0.29, 0.717) is 35.6 Å². The molecule has 0 fully saturated rings. The van der Waals surface area contributed by atoms with E-state index in [2.05, 4.69) is 10.6 Å². The van der Waals surface area contributed by atoms with Crippen molar-refractivity contribution in [2.24, 2.45) is 5.92 Å². The summed E-state index contributed by atoms with van der Waals surface area (Å²) in [5.74, 6) is -1.53. The van der Waals surface area contributed by atoms with E-state index in [4.69, 9.17) is 18.9 Å². The lowest BCUT2D eigenvalue weighted by atomic mass is 9.83. The summed E-state index contributed by atoms with van der Waals surface area (Å²) in [6.07, 6.45) is 2.27. The average molecular weight is 450 g/mol. The summed E-state index contributed by atoms with van der Waals surface area (Å²) >= 11 is 0. The van der Waals surface area contributed by atoms with Gasteiger partial charge in [0.2, 0.25) is 12.5 Å². The van der Waals surface area contributed by atoms with Gasteiger partial charge in [-0.1, -0.05) is 18.2 Å². The maximum absolute atomic E-state index is 12.9. The number of aryl methyl sites for hydroxylation is 1. The molecule has 0 radical (unpaired) electrons. The topological polar surface area (TPSA) is 112 Å². The minimum absolute atomic E-state index is 0.106. The molecule has 33 heavy (non-hydrogen) atoms. The lowest BCUT2D eigenvalue weighted by Gasteiger charge is -2.44. The van der Waals surface area contributed by atoms with Gasteiger partial charge < -0.3 is 29.6 Å². The van der Waals surface area contributed by atoms with E-state index >= 15 is 0 Å². The molecule has 0 aromatic heterocycles. The predicted octanol–water partition coefficient (Wildman–Crippen LogP) is 2.52. The fraction of sp³-hybridized carbons (Fsp3) is 0.292. The van der Waals surface area contributed by atoms with Crippen LogP contribution in [-0.2, 0) is 25.5 Å². The number of nitrogens with one attached hydrogen (secondary N) is 2. The fourth-order valence-corrected chi connectivity index (χ4v) is 4.25. The molecule has 0 bridgehead atoms. The van der Waals surface area contributed by atoms with Gasteiger partial charge in [0.25, 0.3) is 5.91 Å². The Kier molecular flexibility index (Phi) is 5.16. The molecule has 2 aromatic carbocycles. The number of carbonyl (C=O) groups is 3. The average Bonchev–Trinajstić information content (AvgIpc) is 3.27. The van der Waals surface area contributed by atoms with Crippen LogP contribution in [0.2, 0.25) is 0 Å². The number of ether oxygens (including phenoxy) is 4. The van der Waals surface area contributed by atoms with Gasteiger partial charge >= 0.3 is 11.9 Å². The Morgan fingerprint density at radius 1 is 1.18 bits per heavy atom. The van der Waals surface area contributed by atoms with Crippen LogP contribution in [0.5, 0.6) is 11.5 Å². The van der Waals surface area contributed by atoms with Crippen LogP contribution in [0.15, 0.2) is 54.2 Å². The van der Waals surface area contributed by atoms with Gasteiger partial charge in [-0.25, -0.2) is 4.79 Å². The van der Waals surface area contributed by atoms with Crippen molar-refractivity contribution in [2.75, 3.05) is 18.7 Å². The molecular formula is C24H22N2O7. The van der Waals surface area contributed by atoms with Crippen LogP contribution in [-0.4, -0.2) is 37.0 Å². The quantitative estimate of drug-likeness (QED) is 0.684. The first-order valence-corrected chi connectivity index (χ1v) is 10.7. The highest BCUT2D eigenvalue weighted by molar-refractivity contribution is 6.02. The van der Waals surface area contributed by atoms with Crippen LogP contribution in [0.25, 0.3) is 0 Å². The molecule has 170 valence electrons. The highest BCUT2D eigenvalue weighted by Crippen LogP contribution is 2.45. The molecule has 3 aliphatic rings. The van der Waals surface area contributed by atoms with Crippen LogP contribution < -0.4 is 20.1 Å². The number of amides is 1. The number of hydrogen-bond donors (Lipinski definition) is 2. The zero-order chi connectivity index (χ0) is 23.0. The van der Waals surface area contributed by atoms with Gasteiger partial charge in [-0.15, -0.1) is 0 Å². The van der Waals surface area contributed by atoms with Gasteiger partial charge in [-0.2, -0.15) is 0 Å². The summed E-state index contributed by atoms with van der Waals surface area (Å²) in [6.45, 7) is 2.00. The SMILES string of the molecule is CCOC(=O)C1C=C(NC(=O)c2ccccc2)C(=O)OC12CCc1cc3c(cc1N2)OCO3. The number of benzene rings is 2. The summed E-state index contributed by atoms with van der Waals surface area (Å²) < 4.78 is 22.0. The van der Waals surface area contributed by atoms with Crippen molar-refractivity contribution in [3.63, 3.8) is 0 Å². The van der Waals surface area contributed by atoms with E-state index in [1.54, 1.807) is 43.3 Å². The molecule has 2 N–H and O–H groups in total. The first-order chi connectivity index (χ1) is 16.0. The summed E-state index contributed by atoms with van der Waals surface area (Å²) in [6, 6.07) is 12.1.